The van der Waals surface area contributed by atoms with E-state index in [2.05, 4.69) is 16.4 Å². The molecule has 4 nitrogen and oxygen atoms in total. The molecule has 1 aromatic carbocycles. The average molecular weight is 322 g/mol. The molecule has 0 atom stereocenters. The first-order chi connectivity index (χ1) is 11.5. The van der Waals surface area contributed by atoms with Gasteiger partial charge in [0.25, 0.3) is 5.91 Å². The molecule has 1 N–H and O–H groups in total. The fourth-order valence-electron chi connectivity index (χ4n) is 2.82. The predicted molar refractivity (Wildman–Crippen MR) is 93.3 cm³/mol. The highest BCUT2D eigenvalue weighted by Gasteiger charge is 2.25. The molecule has 0 bridgehead atoms. The molecule has 2 aromatic rings. The normalized spacial score (nSPS) is 13.6. The van der Waals surface area contributed by atoms with Gasteiger partial charge in [0.15, 0.2) is 5.78 Å². The molecule has 1 aromatic heterocycles. The van der Waals surface area contributed by atoms with Crippen LogP contribution >= 0.6 is 0 Å². The standard InChI is InChI=1S/C20H22N2O2/c1-13-4-3-5-15(8-13)9-17-11-16(19(23)10-14-6-7-14)12-18(22-17)20(24)21-2/h3-5,8,11-12,14H,6-7,9-10H2,1-2H3,(H,21,24). The van der Waals surface area contributed by atoms with Gasteiger partial charge in [0.05, 0.1) is 0 Å². The number of ketones is 1. The van der Waals surface area contributed by atoms with E-state index >= 15 is 0 Å². The number of aryl methyl sites for hydroxylation is 1. The van der Waals surface area contributed by atoms with Gasteiger partial charge in [-0.1, -0.05) is 29.8 Å². The number of carbonyl (C=O) groups excluding carboxylic acids is 2. The fraction of sp³-hybridized carbons (Fsp3) is 0.350. The van der Waals surface area contributed by atoms with Crippen molar-refractivity contribution in [2.75, 3.05) is 7.05 Å². The molecular weight excluding hydrogens is 300 g/mol. The van der Waals surface area contributed by atoms with Gasteiger partial charge in [-0.25, -0.2) is 4.98 Å². The topological polar surface area (TPSA) is 59.1 Å². The van der Waals surface area contributed by atoms with E-state index in [1.165, 1.54) is 5.56 Å². The van der Waals surface area contributed by atoms with E-state index in [0.29, 0.717) is 30.0 Å². The molecule has 0 saturated heterocycles. The summed E-state index contributed by atoms with van der Waals surface area (Å²) in [7, 11) is 1.57. The molecule has 1 saturated carbocycles. The molecule has 1 amide bonds. The Morgan fingerprint density at radius 1 is 1.21 bits per heavy atom. The lowest BCUT2D eigenvalue weighted by atomic mass is 10.0. The Bertz CT molecular complexity index is 779. The number of hydrogen-bond donors (Lipinski definition) is 1. The lowest BCUT2D eigenvalue weighted by molar-refractivity contribution is 0.0958. The first-order valence-corrected chi connectivity index (χ1v) is 8.37. The monoisotopic (exact) mass is 322 g/mol. The molecular formula is C20H22N2O2. The van der Waals surface area contributed by atoms with Crippen LogP contribution in [-0.2, 0) is 6.42 Å². The van der Waals surface area contributed by atoms with E-state index in [1.54, 1.807) is 13.1 Å². The van der Waals surface area contributed by atoms with Crippen molar-refractivity contribution in [3.8, 4) is 0 Å². The van der Waals surface area contributed by atoms with Crippen LogP contribution in [0.5, 0.6) is 0 Å². The molecule has 1 fully saturated rings. The van der Waals surface area contributed by atoms with E-state index in [0.717, 1.165) is 24.1 Å². The Kier molecular flexibility index (Phi) is 4.74. The summed E-state index contributed by atoms with van der Waals surface area (Å²) in [5, 5.41) is 2.59. The van der Waals surface area contributed by atoms with Crippen LogP contribution in [0.15, 0.2) is 36.4 Å². The fourth-order valence-corrected chi connectivity index (χ4v) is 2.82. The van der Waals surface area contributed by atoms with Crippen molar-refractivity contribution >= 4 is 11.7 Å². The summed E-state index contributed by atoms with van der Waals surface area (Å²) in [5.41, 5.74) is 3.96. The first kappa shape index (κ1) is 16.4. The lowest BCUT2D eigenvalue weighted by Gasteiger charge is -2.09. The Labute approximate surface area is 142 Å². The van der Waals surface area contributed by atoms with Gasteiger partial charge in [0.2, 0.25) is 0 Å². The Morgan fingerprint density at radius 2 is 2.00 bits per heavy atom. The number of aromatic nitrogens is 1. The maximum atomic E-state index is 12.5. The minimum absolute atomic E-state index is 0.107. The maximum absolute atomic E-state index is 12.5. The van der Waals surface area contributed by atoms with Gasteiger partial charge in [0.1, 0.15) is 5.69 Å². The van der Waals surface area contributed by atoms with Gasteiger partial charge in [-0.3, -0.25) is 9.59 Å². The van der Waals surface area contributed by atoms with Gasteiger partial charge in [-0.2, -0.15) is 0 Å². The summed E-state index contributed by atoms with van der Waals surface area (Å²) >= 11 is 0. The number of nitrogens with one attached hydrogen (secondary N) is 1. The second-order valence-electron chi connectivity index (χ2n) is 6.55. The highest BCUT2D eigenvalue weighted by molar-refractivity contribution is 5.99. The van der Waals surface area contributed by atoms with Crippen molar-refractivity contribution < 1.29 is 9.59 Å². The summed E-state index contributed by atoms with van der Waals surface area (Å²) in [4.78, 5) is 28.9. The number of rotatable bonds is 6. The predicted octanol–water partition coefficient (Wildman–Crippen LogP) is 3.32. The molecule has 1 aliphatic rings. The maximum Gasteiger partial charge on any atom is 0.269 e. The van der Waals surface area contributed by atoms with E-state index in [4.69, 9.17) is 0 Å². The first-order valence-electron chi connectivity index (χ1n) is 8.37. The van der Waals surface area contributed by atoms with Gasteiger partial charge in [0, 0.05) is 31.1 Å². The summed E-state index contributed by atoms with van der Waals surface area (Å²) < 4.78 is 0. The molecule has 0 unspecified atom stereocenters. The smallest absolute Gasteiger partial charge is 0.269 e. The molecule has 1 aliphatic carbocycles. The average Bonchev–Trinajstić information content (AvgIpc) is 3.37. The molecule has 124 valence electrons. The molecule has 24 heavy (non-hydrogen) atoms. The van der Waals surface area contributed by atoms with Crippen molar-refractivity contribution in [1.82, 2.24) is 10.3 Å². The minimum atomic E-state index is -0.262. The third kappa shape index (κ3) is 4.07. The summed E-state index contributed by atoms with van der Waals surface area (Å²) in [6, 6.07) is 11.6. The number of benzene rings is 1. The lowest BCUT2D eigenvalue weighted by Crippen LogP contribution is -2.20. The number of nitrogens with zero attached hydrogens (tertiary/aromatic N) is 1. The van der Waals surface area contributed by atoms with Crippen LogP contribution in [0.1, 0.15) is 56.9 Å². The second kappa shape index (κ2) is 6.95. The van der Waals surface area contributed by atoms with Crippen molar-refractivity contribution in [1.29, 1.82) is 0 Å². The van der Waals surface area contributed by atoms with Crippen LogP contribution in [-0.4, -0.2) is 23.7 Å². The minimum Gasteiger partial charge on any atom is -0.354 e. The third-order valence-electron chi connectivity index (χ3n) is 4.30. The number of Topliss-reactive ketones (excluding diaryl/α,β-unsaturated/α-hetero) is 1. The second-order valence-corrected chi connectivity index (χ2v) is 6.55. The molecule has 0 radical (unpaired) electrons. The van der Waals surface area contributed by atoms with Crippen LogP contribution in [0, 0.1) is 12.8 Å². The number of hydrogen-bond acceptors (Lipinski definition) is 3. The Hall–Kier alpha value is -2.49. The van der Waals surface area contributed by atoms with E-state index in [9.17, 15) is 9.59 Å². The van der Waals surface area contributed by atoms with Crippen molar-refractivity contribution in [3.05, 3.63) is 64.5 Å². The molecule has 4 heteroatoms. The van der Waals surface area contributed by atoms with E-state index in [-0.39, 0.29) is 11.7 Å². The van der Waals surface area contributed by atoms with Crippen molar-refractivity contribution in [3.63, 3.8) is 0 Å². The van der Waals surface area contributed by atoms with Crippen LogP contribution in [0.25, 0.3) is 0 Å². The summed E-state index contributed by atoms with van der Waals surface area (Å²) in [5.74, 6) is 0.367. The Balaban J connectivity index is 1.91. The number of pyridine rings is 1. The van der Waals surface area contributed by atoms with Gasteiger partial charge < -0.3 is 5.32 Å². The van der Waals surface area contributed by atoms with Gasteiger partial charge >= 0.3 is 0 Å². The van der Waals surface area contributed by atoms with Crippen molar-refractivity contribution in [2.24, 2.45) is 5.92 Å². The van der Waals surface area contributed by atoms with Crippen molar-refractivity contribution in [2.45, 2.75) is 32.6 Å². The summed E-state index contributed by atoms with van der Waals surface area (Å²) in [6.45, 7) is 2.04. The van der Waals surface area contributed by atoms with Gasteiger partial charge in [-0.15, -0.1) is 0 Å². The number of amides is 1. The largest absolute Gasteiger partial charge is 0.354 e. The highest BCUT2D eigenvalue weighted by atomic mass is 16.1. The van der Waals surface area contributed by atoms with Crippen LogP contribution in [0.2, 0.25) is 0 Å². The molecule has 3 rings (SSSR count). The molecule has 0 spiro atoms. The highest BCUT2D eigenvalue weighted by Crippen LogP contribution is 2.33. The zero-order chi connectivity index (χ0) is 17.1. The zero-order valence-corrected chi connectivity index (χ0v) is 14.1. The number of carbonyl (C=O) groups is 2. The van der Waals surface area contributed by atoms with E-state index in [1.807, 2.05) is 31.2 Å². The third-order valence-corrected chi connectivity index (χ3v) is 4.30. The van der Waals surface area contributed by atoms with Crippen LogP contribution in [0.4, 0.5) is 0 Å². The molecule has 1 heterocycles. The zero-order valence-electron chi connectivity index (χ0n) is 14.1. The van der Waals surface area contributed by atoms with Crippen LogP contribution in [0.3, 0.4) is 0 Å². The van der Waals surface area contributed by atoms with Gasteiger partial charge in [-0.05, 0) is 43.4 Å². The Morgan fingerprint density at radius 3 is 2.67 bits per heavy atom. The summed E-state index contributed by atoms with van der Waals surface area (Å²) in [6.07, 6.45) is 3.45. The van der Waals surface area contributed by atoms with Crippen LogP contribution < -0.4 is 5.32 Å². The SMILES string of the molecule is CNC(=O)c1cc(C(=O)CC2CC2)cc(Cc2cccc(C)c2)n1. The van der Waals surface area contributed by atoms with E-state index < -0.39 is 0 Å². The quantitative estimate of drug-likeness (QED) is 0.830. The molecule has 0 aliphatic heterocycles.